The van der Waals surface area contributed by atoms with Gasteiger partial charge in [-0.1, -0.05) is 11.6 Å². The summed E-state index contributed by atoms with van der Waals surface area (Å²) >= 11 is 5.96. The van der Waals surface area contributed by atoms with Crippen LogP contribution in [-0.4, -0.2) is 37.7 Å². The molecule has 1 aromatic rings. The highest BCUT2D eigenvalue weighted by Gasteiger charge is 2.36. The maximum Gasteiger partial charge on any atom is 0.387 e. The van der Waals surface area contributed by atoms with Gasteiger partial charge in [0.2, 0.25) is 0 Å². The van der Waals surface area contributed by atoms with Gasteiger partial charge < -0.3 is 10.1 Å². The smallest absolute Gasteiger partial charge is 0.387 e. The highest BCUT2D eigenvalue weighted by molar-refractivity contribution is 6.30. The lowest BCUT2D eigenvalue weighted by Gasteiger charge is -2.19. The van der Waals surface area contributed by atoms with E-state index in [1.807, 2.05) is 0 Å². The van der Waals surface area contributed by atoms with E-state index in [0.29, 0.717) is 23.4 Å². The SMILES string of the molecule is FC(F)Oc1ccc(Cl)cc1CN1C[C@H]2CNC[C@H]2C1. The predicted molar refractivity (Wildman–Crippen MR) is 73.2 cm³/mol. The molecule has 0 radical (unpaired) electrons. The number of likely N-dealkylation sites (tertiary alicyclic amines) is 1. The fourth-order valence-corrected chi connectivity index (χ4v) is 3.40. The van der Waals surface area contributed by atoms with Crippen LogP contribution < -0.4 is 10.1 Å². The number of halogens is 3. The van der Waals surface area contributed by atoms with E-state index in [1.165, 1.54) is 6.07 Å². The lowest BCUT2D eigenvalue weighted by atomic mass is 10.0. The number of nitrogens with zero attached hydrogens (tertiary/aromatic N) is 1. The Morgan fingerprint density at radius 2 is 2.00 bits per heavy atom. The van der Waals surface area contributed by atoms with Gasteiger partial charge in [0, 0.05) is 30.2 Å². The first-order valence-corrected chi connectivity index (χ1v) is 7.16. The molecular formula is C14H17ClF2N2O. The topological polar surface area (TPSA) is 24.5 Å². The van der Waals surface area contributed by atoms with Crippen molar-refractivity contribution in [1.82, 2.24) is 10.2 Å². The normalized spacial score (nSPS) is 26.2. The quantitative estimate of drug-likeness (QED) is 0.925. The minimum Gasteiger partial charge on any atom is -0.434 e. The summed E-state index contributed by atoms with van der Waals surface area (Å²) in [5, 5.41) is 3.93. The number of benzene rings is 1. The molecular weight excluding hydrogens is 286 g/mol. The van der Waals surface area contributed by atoms with Crippen molar-refractivity contribution in [3.63, 3.8) is 0 Å². The average Bonchev–Trinajstić information content (AvgIpc) is 2.93. The van der Waals surface area contributed by atoms with Gasteiger partial charge in [0.1, 0.15) is 5.75 Å². The molecule has 6 heteroatoms. The molecule has 0 saturated carbocycles. The van der Waals surface area contributed by atoms with Crippen molar-refractivity contribution >= 4 is 11.6 Å². The van der Waals surface area contributed by atoms with Crippen molar-refractivity contribution in [2.75, 3.05) is 26.2 Å². The summed E-state index contributed by atoms with van der Waals surface area (Å²) < 4.78 is 29.4. The van der Waals surface area contributed by atoms with E-state index in [0.717, 1.165) is 31.7 Å². The highest BCUT2D eigenvalue weighted by Crippen LogP contribution is 2.31. The molecule has 2 atom stereocenters. The maximum absolute atomic E-state index is 12.4. The van der Waals surface area contributed by atoms with E-state index in [4.69, 9.17) is 11.6 Å². The number of nitrogens with one attached hydrogen (secondary N) is 1. The minimum absolute atomic E-state index is 0.222. The van der Waals surface area contributed by atoms with Gasteiger partial charge in [-0.25, -0.2) is 0 Å². The molecule has 0 aliphatic carbocycles. The summed E-state index contributed by atoms with van der Waals surface area (Å²) in [6.45, 7) is 1.90. The largest absolute Gasteiger partial charge is 0.434 e. The molecule has 0 spiro atoms. The van der Waals surface area contributed by atoms with Crippen molar-refractivity contribution in [3.8, 4) is 5.75 Å². The van der Waals surface area contributed by atoms with Gasteiger partial charge in [0.25, 0.3) is 0 Å². The van der Waals surface area contributed by atoms with Crippen molar-refractivity contribution < 1.29 is 13.5 Å². The second-order valence-electron chi connectivity index (χ2n) is 5.50. The van der Waals surface area contributed by atoms with Crippen LogP contribution in [0.1, 0.15) is 5.56 Å². The Morgan fingerprint density at radius 3 is 2.65 bits per heavy atom. The number of fused-ring (bicyclic) bond motifs is 1. The van der Waals surface area contributed by atoms with Crippen LogP contribution in [0.25, 0.3) is 0 Å². The summed E-state index contributed by atoms with van der Waals surface area (Å²) in [4.78, 5) is 2.29. The summed E-state index contributed by atoms with van der Waals surface area (Å²) in [5.74, 6) is 1.57. The van der Waals surface area contributed by atoms with Crippen LogP contribution in [0, 0.1) is 11.8 Å². The van der Waals surface area contributed by atoms with E-state index in [1.54, 1.807) is 12.1 Å². The first-order chi connectivity index (χ1) is 9.61. The van der Waals surface area contributed by atoms with Gasteiger partial charge in [-0.15, -0.1) is 0 Å². The first kappa shape index (κ1) is 14.0. The fraction of sp³-hybridized carbons (Fsp3) is 0.571. The molecule has 110 valence electrons. The van der Waals surface area contributed by atoms with E-state index in [2.05, 4.69) is 15.0 Å². The van der Waals surface area contributed by atoms with Crippen LogP contribution >= 0.6 is 11.6 Å². The Kier molecular flexibility index (Phi) is 4.10. The molecule has 1 aromatic carbocycles. The monoisotopic (exact) mass is 302 g/mol. The van der Waals surface area contributed by atoms with Crippen LogP contribution in [0.3, 0.4) is 0 Å². The van der Waals surface area contributed by atoms with Crippen molar-refractivity contribution in [3.05, 3.63) is 28.8 Å². The first-order valence-electron chi connectivity index (χ1n) is 6.78. The van der Waals surface area contributed by atoms with Crippen molar-refractivity contribution in [2.45, 2.75) is 13.2 Å². The third-order valence-electron chi connectivity index (χ3n) is 4.10. The van der Waals surface area contributed by atoms with Gasteiger partial charge in [-0.3, -0.25) is 4.90 Å². The van der Waals surface area contributed by atoms with Crippen LogP contribution in [0.15, 0.2) is 18.2 Å². The molecule has 0 aromatic heterocycles. The third-order valence-corrected chi connectivity index (χ3v) is 4.33. The number of ether oxygens (including phenoxy) is 1. The lowest BCUT2D eigenvalue weighted by Crippen LogP contribution is -2.25. The molecule has 0 unspecified atom stereocenters. The Hall–Kier alpha value is -0.910. The van der Waals surface area contributed by atoms with E-state index >= 15 is 0 Å². The second-order valence-corrected chi connectivity index (χ2v) is 5.94. The average molecular weight is 303 g/mol. The van der Waals surface area contributed by atoms with Gasteiger partial charge in [-0.2, -0.15) is 8.78 Å². The summed E-state index contributed by atoms with van der Waals surface area (Å²) in [6.07, 6.45) is 0. The van der Waals surface area contributed by atoms with Crippen molar-refractivity contribution in [2.24, 2.45) is 11.8 Å². The number of hydrogen-bond acceptors (Lipinski definition) is 3. The zero-order valence-electron chi connectivity index (χ0n) is 11.0. The Bertz CT molecular complexity index is 474. The molecule has 2 aliphatic heterocycles. The van der Waals surface area contributed by atoms with Gasteiger partial charge in [-0.05, 0) is 43.1 Å². The molecule has 1 N–H and O–H groups in total. The molecule has 3 nitrogen and oxygen atoms in total. The highest BCUT2D eigenvalue weighted by atomic mass is 35.5. The maximum atomic E-state index is 12.4. The van der Waals surface area contributed by atoms with Crippen LogP contribution in [-0.2, 0) is 6.54 Å². The van der Waals surface area contributed by atoms with E-state index in [9.17, 15) is 8.78 Å². The molecule has 2 heterocycles. The molecule has 0 bridgehead atoms. The van der Waals surface area contributed by atoms with Crippen LogP contribution in [0.4, 0.5) is 8.78 Å². The summed E-state index contributed by atoms with van der Waals surface area (Å²) in [5.41, 5.74) is 0.728. The molecule has 3 rings (SSSR count). The van der Waals surface area contributed by atoms with E-state index in [-0.39, 0.29) is 5.75 Å². The minimum atomic E-state index is -2.81. The molecule has 2 aliphatic rings. The fourth-order valence-electron chi connectivity index (χ4n) is 3.21. The standard InChI is InChI=1S/C14H17ClF2N2O/c15-12-1-2-13(20-14(16)17)9(3-12)6-19-7-10-4-18-5-11(10)8-19/h1-3,10-11,14,18H,4-8H2/t10-,11+. The molecule has 2 saturated heterocycles. The molecule has 0 amide bonds. The van der Waals surface area contributed by atoms with Crippen LogP contribution in [0.5, 0.6) is 5.75 Å². The number of alkyl halides is 2. The zero-order chi connectivity index (χ0) is 14.1. The number of hydrogen-bond donors (Lipinski definition) is 1. The predicted octanol–water partition coefficient (Wildman–Crippen LogP) is 2.59. The lowest BCUT2D eigenvalue weighted by molar-refractivity contribution is -0.0507. The molecule has 2 fully saturated rings. The molecule has 20 heavy (non-hydrogen) atoms. The Balaban J connectivity index is 1.71. The van der Waals surface area contributed by atoms with E-state index < -0.39 is 6.61 Å². The third kappa shape index (κ3) is 3.05. The van der Waals surface area contributed by atoms with Crippen molar-refractivity contribution in [1.29, 1.82) is 0 Å². The van der Waals surface area contributed by atoms with Gasteiger partial charge >= 0.3 is 6.61 Å². The van der Waals surface area contributed by atoms with Gasteiger partial charge in [0.05, 0.1) is 0 Å². The number of rotatable bonds is 4. The summed E-state index contributed by atoms with van der Waals surface area (Å²) in [6, 6.07) is 4.80. The Morgan fingerprint density at radius 1 is 1.30 bits per heavy atom. The summed E-state index contributed by atoms with van der Waals surface area (Å²) in [7, 11) is 0. The van der Waals surface area contributed by atoms with Crippen LogP contribution in [0.2, 0.25) is 5.02 Å². The van der Waals surface area contributed by atoms with Gasteiger partial charge in [0.15, 0.2) is 0 Å². The Labute approximate surface area is 121 Å². The second kappa shape index (κ2) is 5.84. The zero-order valence-corrected chi connectivity index (χ0v) is 11.7.